The Morgan fingerprint density at radius 2 is 2.19 bits per heavy atom. The summed E-state index contributed by atoms with van der Waals surface area (Å²) in [5.74, 6) is 1.82. The van der Waals surface area contributed by atoms with Crippen molar-refractivity contribution in [3.05, 3.63) is 76.5 Å². The van der Waals surface area contributed by atoms with E-state index in [0.717, 1.165) is 12.2 Å². The smallest absolute Gasteiger partial charge is 0.189 e. The number of hydrogen-bond donors (Lipinski definition) is 0. The molecule has 3 aromatic rings. The highest BCUT2D eigenvalue weighted by molar-refractivity contribution is 6.30. The molecule has 0 aliphatic heterocycles. The van der Waals surface area contributed by atoms with E-state index in [0.29, 0.717) is 27.9 Å². The normalized spacial score (nSPS) is 11.2. The zero-order valence-corrected chi connectivity index (χ0v) is 15.4. The molecule has 0 spiro atoms. The number of nitrogens with zero attached hydrogens (tertiary/aromatic N) is 2. The number of furan rings is 1. The Hall–Kier alpha value is -2.79. The zero-order chi connectivity index (χ0) is 18.5. The van der Waals surface area contributed by atoms with Gasteiger partial charge in [0, 0.05) is 17.3 Å². The van der Waals surface area contributed by atoms with Crippen LogP contribution in [0, 0.1) is 6.92 Å². The van der Waals surface area contributed by atoms with Gasteiger partial charge in [-0.25, -0.2) is 0 Å². The van der Waals surface area contributed by atoms with Gasteiger partial charge in [-0.3, -0.25) is 9.48 Å². The molecule has 2 aromatic heterocycles. The molecule has 0 saturated carbocycles. The molecule has 134 valence electrons. The van der Waals surface area contributed by atoms with Crippen LogP contribution in [0.15, 0.2) is 53.1 Å². The largest absolute Gasteiger partial charge is 0.486 e. The van der Waals surface area contributed by atoms with Gasteiger partial charge in [0.15, 0.2) is 5.78 Å². The molecular weight excluding hydrogens is 352 g/mol. The summed E-state index contributed by atoms with van der Waals surface area (Å²) >= 11 is 5.92. The van der Waals surface area contributed by atoms with Gasteiger partial charge in [-0.1, -0.05) is 17.7 Å². The summed E-state index contributed by atoms with van der Waals surface area (Å²) in [6, 6.07) is 10.8. The molecule has 0 amide bonds. The fourth-order valence-electron chi connectivity index (χ4n) is 2.53. The van der Waals surface area contributed by atoms with E-state index >= 15 is 0 Å². The van der Waals surface area contributed by atoms with Crippen LogP contribution < -0.4 is 4.74 Å². The number of carbonyl (C=O) groups excluding carboxylic acids is 1. The highest BCUT2D eigenvalue weighted by Gasteiger charge is 2.11. The quantitative estimate of drug-likeness (QED) is 0.437. The maximum Gasteiger partial charge on any atom is 0.189 e. The SMILES string of the molecule is CCn1ncc(C(=O)/C=C/c2ccc(COc3cccc(Cl)c3)o2)c1C. The molecule has 26 heavy (non-hydrogen) atoms. The highest BCUT2D eigenvalue weighted by atomic mass is 35.5. The van der Waals surface area contributed by atoms with Crippen LogP contribution in [-0.4, -0.2) is 15.6 Å². The van der Waals surface area contributed by atoms with Crippen LogP contribution in [0.2, 0.25) is 5.02 Å². The van der Waals surface area contributed by atoms with Crippen LogP contribution in [0.4, 0.5) is 0 Å². The number of hydrogen-bond acceptors (Lipinski definition) is 4. The van der Waals surface area contributed by atoms with Crippen molar-refractivity contribution >= 4 is 23.5 Å². The average molecular weight is 371 g/mol. The summed E-state index contributed by atoms with van der Waals surface area (Å²) in [4.78, 5) is 12.3. The Labute approximate surface area is 156 Å². The van der Waals surface area contributed by atoms with Gasteiger partial charge in [0.2, 0.25) is 0 Å². The molecule has 6 heteroatoms. The lowest BCUT2D eigenvalue weighted by Crippen LogP contribution is -2.01. The number of allylic oxidation sites excluding steroid dienone is 1. The first-order chi connectivity index (χ1) is 12.6. The second-order valence-electron chi connectivity index (χ2n) is 5.71. The summed E-state index contributed by atoms with van der Waals surface area (Å²) in [6.07, 6.45) is 4.73. The van der Waals surface area contributed by atoms with Gasteiger partial charge in [-0.15, -0.1) is 0 Å². The zero-order valence-electron chi connectivity index (χ0n) is 14.6. The predicted octanol–water partition coefficient (Wildman–Crippen LogP) is 4.93. The van der Waals surface area contributed by atoms with E-state index in [9.17, 15) is 4.79 Å². The monoisotopic (exact) mass is 370 g/mol. The standard InChI is InChI=1S/C20H19ClN2O3/c1-3-23-14(2)19(12-22-23)20(24)10-9-16-7-8-18(26-16)13-25-17-6-4-5-15(21)11-17/h4-12H,3,13H2,1-2H3/b10-9+. The van der Waals surface area contributed by atoms with E-state index in [1.807, 2.05) is 32.0 Å². The molecule has 0 saturated heterocycles. The molecule has 5 nitrogen and oxygen atoms in total. The van der Waals surface area contributed by atoms with Crippen LogP contribution in [0.3, 0.4) is 0 Å². The van der Waals surface area contributed by atoms with Gasteiger partial charge < -0.3 is 9.15 Å². The Morgan fingerprint density at radius 1 is 1.35 bits per heavy atom. The van der Waals surface area contributed by atoms with Crippen LogP contribution >= 0.6 is 11.6 Å². The first-order valence-corrected chi connectivity index (χ1v) is 8.66. The Kier molecular flexibility index (Phi) is 5.58. The van der Waals surface area contributed by atoms with Gasteiger partial charge in [0.1, 0.15) is 23.9 Å². The lowest BCUT2D eigenvalue weighted by Gasteiger charge is -2.03. The summed E-state index contributed by atoms with van der Waals surface area (Å²) in [7, 11) is 0. The maximum atomic E-state index is 12.3. The Balaban J connectivity index is 1.61. The summed E-state index contributed by atoms with van der Waals surface area (Å²) in [5, 5.41) is 4.80. The van der Waals surface area contributed by atoms with Crippen molar-refractivity contribution in [3.63, 3.8) is 0 Å². The van der Waals surface area contributed by atoms with E-state index in [2.05, 4.69) is 5.10 Å². The van der Waals surface area contributed by atoms with E-state index < -0.39 is 0 Å². The first kappa shape index (κ1) is 18.0. The van der Waals surface area contributed by atoms with Crippen LogP contribution in [0.1, 0.15) is 34.5 Å². The number of ether oxygens (including phenoxy) is 1. The fraction of sp³-hybridized carbons (Fsp3) is 0.200. The molecule has 2 heterocycles. The molecule has 0 radical (unpaired) electrons. The molecule has 0 aliphatic rings. The number of carbonyl (C=O) groups is 1. The number of rotatable bonds is 7. The third-order valence-electron chi connectivity index (χ3n) is 3.93. The number of ketones is 1. The lowest BCUT2D eigenvalue weighted by molar-refractivity contribution is 0.104. The van der Waals surface area contributed by atoms with E-state index in [1.54, 1.807) is 35.2 Å². The molecular formula is C20H19ClN2O3. The topological polar surface area (TPSA) is 57.3 Å². The van der Waals surface area contributed by atoms with E-state index in [1.165, 1.54) is 6.08 Å². The van der Waals surface area contributed by atoms with Crippen LogP contribution in [0.5, 0.6) is 5.75 Å². The predicted molar refractivity (Wildman–Crippen MR) is 100 cm³/mol. The van der Waals surface area contributed by atoms with Gasteiger partial charge in [-0.2, -0.15) is 5.10 Å². The number of benzene rings is 1. The molecule has 3 rings (SSSR count). The van der Waals surface area contributed by atoms with Crippen molar-refractivity contribution in [2.75, 3.05) is 0 Å². The van der Waals surface area contributed by atoms with Gasteiger partial charge in [0.25, 0.3) is 0 Å². The highest BCUT2D eigenvalue weighted by Crippen LogP contribution is 2.19. The van der Waals surface area contributed by atoms with Gasteiger partial charge in [-0.05, 0) is 56.3 Å². The second kappa shape index (κ2) is 8.06. The van der Waals surface area contributed by atoms with E-state index in [-0.39, 0.29) is 12.4 Å². The molecule has 0 bridgehead atoms. The fourth-order valence-corrected chi connectivity index (χ4v) is 2.71. The van der Waals surface area contributed by atoms with Crippen molar-refractivity contribution in [2.24, 2.45) is 0 Å². The molecule has 0 aliphatic carbocycles. The van der Waals surface area contributed by atoms with Crippen molar-refractivity contribution in [2.45, 2.75) is 27.0 Å². The van der Waals surface area contributed by atoms with Crippen molar-refractivity contribution < 1.29 is 13.9 Å². The minimum Gasteiger partial charge on any atom is -0.486 e. The van der Waals surface area contributed by atoms with Crippen molar-refractivity contribution in [1.29, 1.82) is 0 Å². The average Bonchev–Trinajstić information content (AvgIpc) is 3.24. The van der Waals surface area contributed by atoms with Gasteiger partial charge in [0.05, 0.1) is 11.8 Å². The molecule has 0 atom stereocenters. The first-order valence-electron chi connectivity index (χ1n) is 8.28. The van der Waals surface area contributed by atoms with Gasteiger partial charge >= 0.3 is 0 Å². The minimum atomic E-state index is -0.102. The maximum absolute atomic E-state index is 12.3. The minimum absolute atomic E-state index is 0.102. The summed E-state index contributed by atoms with van der Waals surface area (Å²) in [5.41, 5.74) is 1.45. The number of aryl methyl sites for hydroxylation is 1. The van der Waals surface area contributed by atoms with Crippen LogP contribution in [0.25, 0.3) is 6.08 Å². The van der Waals surface area contributed by atoms with Crippen LogP contribution in [-0.2, 0) is 13.2 Å². The number of aromatic nitrogens is 2. The third-order valence-corrected chi connectivity index (χ3v) is 4.16. The summed E-state index contributed by atoms with van der Waals surface area (Å²) < 4.78 is 13.1. The van der Waals surface area contributed by atoms with Crippen molar-refractivity contribution in [3.8, 4) is 5.75 Å². The van der Waals surface area contributed by atoms with E-state index in [4.69, 9.17) is 20.8 Å². The second-order valence-corrected chi connectivity index (χ2v) is 6.14. The Bertz CT molecular complexity index is 940. The molecule has 0 fully saturated rings. The van der Waals surface area contributed by atoms with Crippen molar-refractivity contribution in [1.82, 2.24) is 9.78 Å². The Morgan fingerprint density at radius 3 is 2.92 bits per heavy atom. The molecule has 0 unspecified atom stereocenters. The third kappa shape index (κ3) is 4.24. The summed E-state index contributed by atoms with van der Waals surface area (Å²) in [6.45, 7) is 4.89. The lowest BCUT2D eigenvalue weighted by atomic mass is 10.1. The molecule has 1 aromatic carbocycles. The number of halogens is 1. The molecule has 0 N–H and O–H groups in total.